The summed E-state index contributed by atoms with van der Waals surface area (Å²) in [7, 11) is -3.50. The molecule has 11 heteroatoms. The molecule has 0 unspecified atom stereocenters. The maximum absolute atomic E-state index is 12.7. The van der Waals surface area contributed by atoms with E-state index in [1.54, 1.807) is 48.0 Å². The van der Waals surface area contributed by atoms with Gasteiger partial charge in [-0.1, -0.05) is 29.3 Å². The molecule has 1 aromatic carbocycles. The van der Waals surface area contributed by atoms with Gasteiger partial charge in [-0.2, -0.15) is 9.78 Å². The molecule has 0 aliphatic carbocycles. The van der Waals surface area contributed by atoms with Crippen molar-refractivity contribution in [1.29, 1.82) is 0 Å². The minimum atomic E-state index is -3.50. The first kappa shape index (κ1) is 21.3. The van der Waals surface area contributed by atoms with Gasteiger partial charge in [0.15, 0.2) is 0 Å². The van der Waals surface area contributed by atoms with Crippen LogP contribution in [0, 0.1) is 0 Å². The number of piperidine rings is 1. The van der Waals surface area contributed by atoms with Crippen LogP contribution < -0.4 is 15.2 Å². The van der Waals surface area contributed by atoms with Crippen molar-refractivity contribution in [2.24, 2.45) is 0 Å². The third-order valence-electron chi connectivity index (χ3n) is 4.89. The molecule has 2 aromatic heterocycles. The number of hydrogen-bond donors (Lipinski definition) is 1. The molecule has 1 fully saturated rings. The number of benzene rings is 1. The van der Waals surface area contributed by atoms with Gasteiger partial charge in [-0.15, -0.1) is 11.3 Å². The van der Waals surface area contributed by atoms with E-state index in [1.807, 2.05) is 4.90 Å². The Balaban J connectivity index is 1.47. The molecule has 0 saturated carbocycles. The Morgan fingerprint density at radius 3 is 2.43 bits per heavy atom. The molecule has 0 spiro atoms. The van der Waals surface area contributed by atoms with Crippen molar-refractivity contribution in [3.05, 3.63) is 68.4 Å². The number of aromatic nitrogens is 2. The van der Waals surface area contributed by atoms with E-state index >= 15 is 0 Å². The van der Waals surface area contributed by atoms with E-state index in [-0.39, 0.29) is 11.1 Å². The highest BCUT2D eigenvalue weighted by atomic mass is 35.5. The van der Waals surface area contributed by atoms with Gasteiger partial charge in [0.05, 0.1) is 17.6 Å². The summed E-state index contributed by atoms with van der Waals surface area (Å²) in [5, 5.41) is 6.63. The second-order valence-electron chi connectivity index (χ2n) is 6.85. The number of anilines is 1. The Morgan fingerprint density at radius 1 is 1.10 bits per heavy atom. The Kier molecular flexibility index (Phi) is 6.17. The summed E-state index contributed by atoms with van der Waals surface area (Å²) in [5.41, 5.74) is 0.697. The van der Waals surface area contributed by atoms with Gasteiger partial charge < -0.3 is 4.90 Å². The van der Waals surface area contributed by atoms with Crippen LogP contribution in [0.2, 0.25) is 10.0 Å². The third kappa shape index (κ3) is 4.40. The highest BCUT2D eigenvalue weighted by molar-refractivity contribution is 7.91. The molecule has 1 aliphatic heterocycles. The van der Waals surface area contributed by atoms with Crippen LogP contribution in [0.4, 0.5) is 5.69 Å². The highest BCUT2D eigenvalue weighted by Gasteiger charge is 2.27. The first-order valence-electron chi connectivity index (χ1n) is 9.20. The Labute approximate surface area is 187 Å². The van der Waals surface area contributed by atoms with Crippen LogP contribution in [-0.4, -0.2) is 37.3 Å². The van der Waals surface area contributed by atoms with Gasteiger partial charge in [-0.05, 0) is 48.6 Å². The predicted molar refractivity (Wildman–Crippen MR) is 120 cm³/mol. The van der Waals surface area contributed by atoms with Crippen molar-refractivity contribution < 1.29 is 8.42 Å². The molecule has 0 radical (unpaired) electrons. The monoisotopic (exact) mass is 484 g/mol. The van der Waals surface area contributed by atoms with Crippen LogP contribution in [0.15, 0.2) is 57.0 Å². The van der Waals surface area contributed by atoms with Crippen molar-refractivity contribution in [1.82, 2.24) is 14.5 Å². The van der Waals surface area contributed by atoms with E-state index < -0.39 is 15.6 Å². The molecule has 4 rings (SSSR count). The zero-order chi connectivity index (χ0) is 21.3. The molecule has 1 saturated heterocycles. The number of thiophene rings is 1. The lowest BCUT2D eigenvalue weighted by atomic mass is 10.1. The molecule has 0 bridgehead atoms. The van der Waals surface area contributed by atoms with Gasteiger partial charge >= 0.3 is 0 Å². The van der Waals surface area contributed by atoms with Gasteiger partial charge in [0, 0.05) is 24.2 Å². The first-order valence-corrected chi connectivity index (χ1v) is 12.3. The van der Waals surface area contributed by atoms with Gasteiger partial charge in [0.25, 0.3) is 5.56 Å². The van der Waals surface area contributed by atoms with Crippen LogP contribution in [0.1, 0.15) is 12.8 Å². The zero-order valence-corrected chi connectivity index (χ0v) is 18.8. The quantitative estimate of drug-likeness (QED) is 0.598. The first-order chi connectivity index (χ1) is 14.3. The lowest BCUT2D eigenvalue weighted by Gasteiger charge is -2.33. The lowest BCUT2D eigenvalue weighted by molar-refractivity contribution is 0.460. The molecule has 0 amide bonds. The van der Waals surface area contributed by atoms with E-state index in [0.717, 1.165) is 0 Å². The highest BCUT2D eigenvalue weighted by Crippen LogP contribution is 2.26. The molecule has 3 heterocycles. The largest absolute Gasteiger partial charge is 0.369 e. The van der Waals surface area contributed by atoms with Gasteiger partial charge in [-0.25, -0.2) is 13.1 Å². The average Bonchev–Trinajstić information content (AvgIpc) is 3.27. The van der Waals surface area contributed by atoms with E-state index in [9.17, 15) is 13.2 Å². The van der Waals surface area contributed by atoms with E-state index in [0.29, 0.717) is 46.5 Å². The van der Waals surface area contributed by atoms with Crippen LogP contribution in [0.5, 0.6) is 0 Å². The van der Waals surface area contributed by atoms with Gasteiger partial charge in [-0.3, -0.25) is 4.79 Å². The zero-order valence-electron chi connectivity index (χ0n) is 15.7. The fourth-order valence-corrected chi connectivity index (χ4v) is 6.03. The Morgan fingerprint density at radius 2 is 1.80 bits per heavy atom. The average molecular weight is 485 g/mol. The summed E-state index contributed by atoms with van der Waals surface area (Å²) in [6.45, 7) is 1.12. The fraction of sp³-hybridized carbons (Fsp3) is 0.263. The molecule has 3 aromatic rings. The Bertz CT molecular complexity index is 1190. The number of halogens is 2. The van der Waals surface area contributed by atoms with Crippen LogP contribution in [0.3, 0.4) is 0 Å². The molecular weight excluding hydrogens is 467 g/mol. The standard InChI is InChI=1S/C19H18Cl2N4O3S2/c20-13-3-5-15(6-4-13)25-19(26)18(21)16(12-22-25)24-9-7-14(8-10-24)23-30(27,28)17-2-1-11-29-17/h1-6,11-12,14,23H,7-10H2. The van der Waals surface area contributed by atoms with E-state index in [4.69, 9.17) is 23.2 Å². The smallest absolute Gasteiger partial charge is 0.292 e. The summed E-state index contributed by atoms with van der Waals surface area (Å²) in [6.07, 6.45) is 2.76. The van der Waals surface area contributed by atoms with Crippen molar-refractivity contribution in [3.63, 3.8) is 0 Å². The second kappa shape index (κ2) is 8.68. The Hall–Kier alpha value is -1.91. The molecule has 1 aliphatic rings. The summed E-state index contributed by atoms with van der Waals surface area (Å²) in [4.78, 5) is 14.7. The maximum atomic E-state index is 12.7. The molecule has 1 N–H and O–H groups in total. The number of hydrogen-bond acceptors (Lipinski definition) is 6. The summed E-state index contributed by atoms with van der Waals surface area (Å²) < 4.78 is 29.1. The number of nitrogens with one attached hydrogen (secondary N) is 1. The molecular formula is C19H18Cl2N4O3S2. The van der Waals surface area contributed by atoms with Crippen LogP contribution in [-0.2, 0) is 10.0 Å². The van der Waals surface area contributed by atoms with Crippen LogP contribution in [0.25, 0.3) is 5.69 Å². The maximum Gasteiger partial charge on any atom is 0.292 e. The summed E-state index contributed by atoms with van der Waals surface area (Å²) in [6, 6.07) is 9.86. The molecule has 158 valence electrons. The molecule has 0 atom stereocenters. The third-order valence-corrected chi connectivity index (χ3v) is 8.41. The van der Waals surface area contributed by atoms with Crippen molar-refractivity contribution >= 4 is 50.2 Å². The fourth-order valence-electron chi connectivity index (χ4n) is 3.34. The minimum absolute atomic E-state index is 0.0811. The van der Waals surface area contributed by atoms with E-state index in [2.05, 4.69) is 9.82 Å². The van der Waals surface area contributed by atoms with Gasteiger partial charge in [0.1, 0.15) is 9.23 Å². The van der Waals surface area contributed by atoms with Crippen molar-refractivity contribution in [2.75, 3.05) is 18.0 Å². The van der Waals surface area contributed by atoms with E-state index in [1.165, 1.54) is 16.0 Å². The molecule has 7 nitrogen and oxygen atoms in total. The topological polar surface area (TPSA) is 84.3 Å². The number of nitrogens with zero attached hydrogens (tertiary/aromatic N) is 3. The number of rotatable bonds is 5. The SMILES string of the molecule is O=c1c(Cl)c(N2CCC(NS(=O)(=O)c3cccs3)CC2)cnn1-c1ccc(Cl)cc1. The number of sulfonamides is 1. The summed E-state index contributed by atoms with van der Waals surface area (Å²) in [5.74, 6) is 0. The minimum Gasteiger partial charge on any atom is -0.369 e. The normalized spacial score (nSPS) is 15.5. The summed E-state index contributed by atoms with van der Waals surface area (Å²) >= 11 is 13.5. The van der Waals surface area contributed by atoms with Crippen LogP contribution >= 0.6 is 34.5 Å². The predicted octanol–water partition coefficient (Wildman–Crippen LogP) is 3.55. The lowest BCUT2D eigenvalue weighted by Crippen LogP contribution is -2.45. The van der Waals surface area contributed by atoms with Gasteiger partial charge in [0.2, 0.25) is 10.0 Å². The van der Waals surface area contributed by atoms with Crippen molar-refractivity contribution in [2.45, 2.75) is 23.1 Å². The molecule has 30 heavy (non-hydrogen) atoms. The van der Waals surface area contributed by atoms with Crippen molar-refractivity contribution in [3.8, 4) is 5.69 Å². The second-order valence-corrected chi connectivity index (χ2v) is 10.6.